The minimum atomic E-state index is 0.538. The summed E-state index contributed by atoms with van der Waals surface area (Å²) in [4.78, 5) is 4.53. The summed E-state index contributed by atoms with van der Waals surface area (Å²) in [6.45, 7) is 0.538. The van der Waals surface area contributed by atoms with E-state index in [-0.39, 0.29) is 0 Å². The fourth-order valence-electron chi connectivity index (χ4n) is 3.31. The van der Waals surface area contributed by atoms with E-state index in [1.807, 2.05) is 24.3 Å². The number of nitrogens with zero attached hydrogens (tertiary/aromatic N) is 2. The van der Waals surface area contributed by atoms with E-state index >= 15 is 0 Å². The van der Waals surface area contributed by atoms with Crippen LogP contribution in [0.5, 0.6) is 0 Å². The highest BCUT2D eigenvalue weighted by Gasteiger charge is 2.12. The van der Waals surface area contributed by atoms with Gasteiger partial charge in [-0.05, 0) is 47.9 Å². The largest absolute Gasteiger partial charge is 0.339 e. The standard InChI is InChI=1S/C20H21N3O/c21-13-14-5-9-17(10-6-14)20-22-19(24-23-20)12-15-7-8-16-3-1-2-4-18(16)11-15/h5-11H,1-4,12-13,21H2. The van der Waals surface area contributed by atoms with Crippen molar-refractivity contribution in [3.63, 3.8) is 0 Å². The van der Waals surface area contributed by atoms with Crippen molar-refractivity contribution in [2.75, 3.05) is 0 Å². The maximum atomic E-state index is 5.63. The fourth-order valence-corrected chi connectivity index (χ4v) is 3.31. The van der Waals surface area contributed by atoms with Crippen molar-refractivity contribution >= 4 is 0 Å². The lowest BCUT2D eigenvalue weighted by Crippen LogP contribution is -2.03. The summed E-state index contributed by atoms with van der Waals surface area (Å²) in [6.07, 6.45) is 5.67. The molecule has 4 nitrogen and oxygen atoms in total. The quantitative estimate of drug-likeness (QED) is 0.797. The molecule has 0 bridgehead atoms. The van der Waals surface area contributed by atoms with Crippen LogP contribution >= 0.6 is 0 Å². The monoisotopic (exact) mass is 319 g/mol. The van der Waals surface area contributed by atoms with Crippen LogP contribution < -0.4 is 5.73 Å². The molecule has 0 aliphatic heterocycles. The summed E-state index contributed by atoms with van der Waals surface area (Å²) in [7, 11) is 0. The molecule has 0 amide bonds. The topological polar surface area (TPSA) is 64.9 Å². The van der Waals surface area contributed by atoms with E-state index in [1.165, 1.54) is 42.4 Å². The molecular formula is C20H21N3O. The zero-order valence-corrected chi connectivity index (χ0v) is 13.7. The zero-order valence-electron chi connectivity index (χ0n) is 13.7. The van der Waals surface area contributed by atoms with Gasteiger partial charge in [0.05, 0.1) is 6.42 Å². The first-order chi connectivity index (χ1) is 11.8. The lowest BCUT2D eigenvalue weighted by molar-refractivity contribution is 0.385. The van der Waals surface area contributed by atoms with E-state index in [1.54, 1.807) is 0 Å². The van der Waals surface area contributed by atoms with Crippen LogP contribution in [0.25, 0.3) is 11.4 Å². The second-order valence-electron chi connectivity index (χ2n) is 6.40. The summed E-state index contributed by atoms with van der Waals surface area (Å²) in [5.74, 6) is 1.29. The van der Waals surface area contributed by atoms with Gasteiger partial charge in [0.2, 0.25) is 11.7 Å². The summed E-state index contributed by atoms with van der Waals surface area (Å²) in [6, 6.07) is 14.7. The second-order valence-corrected chi connectivity index (χ2v) is 6.40. The van der Waals surface area contributed by atoms with Crippen molar-refractivity contribution < 1.29 is 4.52 Å². The molecule has 1 aliphatic carbocycles. The van der Waals surface area contributed by atoms with Crippen LogP contribution in [0.3, 0.4) is 0 Å². The molecular weight excluding hydrogens is 298 g/mol. The first-order valence-corrected chi connectivity index (χ1v) is 8.54. The van der Waals surface area contributed by atoms with E-state index in [4.69, 9.17) is 10.3 Å². The third kappa shape index (κ3) is 3.10. The molecule has 1 aliphatic rings. The average molecular weight is 319 g/mol. The van der Waals surface area contributed by atoms with Crippen LogP contribution in [0.1, 0.15) is 41.0 Å². The predicted molar refractivity (Wildman–Crippen MR) is 93.5 cm³/mol. The van der Waals surface area contributed by atoms with Gasteiger partial charge in [-0.1, -0.05) is 47.6 Å². The number of hydrogen-bond acceptors (Lipinski definition) is 4. The van der Waals surface area contributed by atoms with Gasteiger partial charge in [-0.25, -0.2) is 0 Å². The Morgan fingerprint density at radius 1 is 0.917 bits per heavy atom. The Morgan fingerprint density at radius 3 is 2.46 bits per heavy atom. The Kier molecular flexibility index (Phi) is 4.13. The number of hydrogen-bond donors (Lipinski definition) is 1. The molecule has 4 heteroatoms. The van der Waals surface area contributed by atoms with Crippen molar-refractivity contribution in [3.05, 3.63) is 70.6 Å². The lowest BCUT2D eigenvalue weighted by atomic mass is 9.90. The first kappa shape index (κ1) is 15.1. The Bertz CT molecular complexity index is 836. The Balaban J connectivity index is 1.52. The lowest BCUT2D eigenvalue weighted by Gasteiger charge is -2.16. The molecule has 0 fully saturated rings. The Morgan fingerprint density at radius 2 is 1.67 bits per heavy atom. The van der Waals surface area contributed by atoms with Crippen LogP contribution in [0.2, 0.25) is 0 Å². The number of nitrogens with two attached hydrogens (primary N) is 1. The second kappa shape index (κ2) is 6.57. The van der Waals surface area contributed by atoms with Gasteiger partial charge in [0, 0.05) is 12.1 Å². The number of benzene rings is 2. The van der Waals surface area contributed by atoms with Crippen molar-refractivity contribution in [2.24, 2.45) is 5.73 Å². The number of aromatic nitrogens is 2. The number of rotatable bonds is 4. The van der Waals surface area contributed by atoms with Crippen LogP contribution in [-0.4, -0.2) is 10.1 Å². The Hall–Kier alpha value is -2.46. The van der Waals surface area contributed by atoms with E-state index in [2.05, 4.69) is 28.3 Å². The molecule has 0 saturated heterocycles. The molecule has 0 atom stereocenters. The molecule has 1 heterocycles. The maximum absolute atomic E-state index is 5.63. The predicted octanol–water partition coefficient (Wildman–Crippen LogP) is 3.66. The first-order valence-electron chi connectivity index (χ1n) is 8.54. The van der Waals surface area contributed by atoms with Crippen molar-refractivity contribution in [2.45, 2.75) is 38.6 Å². The molecule has 24 heavy (non-hydrogen) atoms. The van der Waals surface area contributed by atoms with Crippen molar-refractivity contribution in [1.82, 2.24) is 10.1 Å². The molecule has 1 aromatic heterocycles. The molecule has 3 aromatic rings. The maximum Gasteiger partial charge on any atom is 0.231 e. The fraction of sp³-hybridized carbons (Fsp3) is 0.300. The SMILES string of the molecule is NCc1ccc(-c2noc(Cc3ccc4c(c3)CCCC4)n2)cc1. The normalized spacial score (nSPS) is 13.7. The third-order valence-electron chi connectivity index (χ3n) is 4.68. The number of fused-ring (bicyclic) bond motifs is 1. The summed E-state index contributed by atoms with van der Waals surface area (Å²) in [5.41, 5.74) is 11.9. The van der Waals surface area contributed by atoms with Gasteiger partial charge < -0.3 is 10.3 Å². The van der Waals surface area contributed by atoms with Crippen LogP contribution in [0.4, 0.5) is 0 Å². The highest BCUT2D eigenvalue weighted by Crippen LogP contribution is 2.24. The zero-order chi connectivity index (χ0) is 16.4. The molecule has 0 unspecified atom stereocenters. The van der Waals surface area contributed by atoms with Gasteiger partial charge in [0.15, 0.2) is 0 Å². The van der Waals surface area contributed by atoms with Crippen LogP contribution in [-0.2, 0) is 25.8 Å². The summed E-state index contributed by atoms with van der Waals surface area (Å²) < 4.78 is 5.44. The molecule has 2 N–H and O–H groups in total. The molecule has 0 saturated carbocycles. The van der Waals surface area contributed by atoms with Gasteiger partial charge in [0.1, 0.15) is 0 Å². The van der Waals surface area contributed by atoms with E-state index in [0.717, 1.165) is 11.1 Å². The molecule has 2 aromatic carbocycles. The third-order valence-corrected chi connectivity index (χ3v) is 4.68. The molecule has 122 valence electrons. The summed E-state index contributed by atoms with van der Waals surface area (Å²) in [5, 5.41) is 4.11. The highest BCUT2D eigenvalue weighted by atomic mass is 16.5. The van der Waals surface area contributed by atoms with Crippen LogP contribution in [0.15, 0.2) is 47.0 Å². The number of aryl methyl sites for hydroxylation is 2. The van der Waals surface area contributed by atoms with E-state index in [0.29, 0.717) is 24.7 Å². The minimum absolute atomic E-state index is 0.538. The van der Waals surface area contributed by atoms with Gasteiger partial charge in [-0.15, -0.1) is 0 Å². The Labute approximate surface area is 141 Å². The minimum Gasteiger partial charge on any atom is -0.339 e. The van der Waals surface area contributed by atoms with E-state index < -0.39 is 0 Å². The average Bonchev–Trinajstić information content (AvgIpc) is 3.10. The molecule has 0 spiro atoms. The highest BCUT2D eigenvalue weighted by molar-refractivity contribution is 5.54. The smallest absolute Gasteiger partial charge is 0.231 e. The van der Waals surface area contributed by atoms with Gasteiger partial charge in [-0.2, -0.15) is 4.98 Å². The van der Waals surface area contributed by atoms with Gasteiger partial charge >= 0.3 is 0 Å². The summed E-state index contributed by atoms with van der Waals surface area (Å²) >= 11 is 0. The van der Waals surface area contributed by atoms with Gasteiger partial charge in [0.25, 0.3) is 0 Å². The van der Waals surface area contributed by atoms with Gasteiger partial charge in [-0.3, -0.25) is 0 Å². The van der Waals surface area contributed by atoms with Crippen molar-refractivity contribution in [3.8, 4) is 11.4 Å². The molecule has 0 radical (unpaired) electrons. The molecule has 4 rings (SSSR count). The van der Waals surface area contributed by atoms with E-state index in [9.17, 15) is 0 Å². The van der Waals surface area contributed by atoms with Crippen molar-refractivity contribution in [1.29, 1.82) is 0 Å². The van der Waals surface area contributed by atoms with Crippen LogP contribution in [0, 0.1) is 0 Å².